The molecule has 1 aromatic heterocycles. The second-order valence-corrected chi connectivity index (χ2v) is 11.7. The van der Waals surface area contributed by atoms with Crippen molar-refractivity contribution in [3.8, 4) is 0 Å². The fourth-order valence-corrected chi connectivity index (χ4v) is 5.46. The number of hydrogen-bond donors (Lipinski definition) is 0. The molecule has 1 heterocycles. The van der Waals surface area contributed by atoms with E-state index in [-0.39, 0.29) is 0 Å². The minimum Gasteiger partial charge on any atom is -0.205 e. The second-order valence-electron chi connectivity index (χ2n) is 11.7. The van der Waals surface area contributed by atoms with Gasteiger partial charge in [-0.05, 0) is 24.8 Å². The van der Waals surface area contributed by atoms with E-state index in [2.05, 4.69) is 42.9 Å². The van der Waals surface area contributed by atoms with Crippen molar-refractivity contribution >= 4 is 0 Å². The number of hydrogen-bond acceptors (Lipinski definition) is 0. The Bertz CT molecular complexity index is 485. The molecule has 36 heavy (non-hydrogen) atoms. The molecule has 0 saturated heterocycles. The fraction of sp³-hybridized carbons (Fsp3) is 0.857. The summed E-state index contributed by atoms with van der Waals surface area (Å²) in [5, 5.41) is 0. The van der Waals surface area contributed by atoms with Crippen LogP contribution in [0.1, 0.15) is 186 Å². The van der Waals surface area contributed by atoms with Crippen LogP contribution < -0.4 is 4.57 Å². The van der Waals surface area contributed by atoms with Gasteiger partial charge in [0.15, 0.2) is 12.4 Å². The molecule has 0 fully saturated rings. The van der Waals surface area contributed by atoms with Crippen molar-refractivity contribution in [2.45, 2.75) is 194 Å². The first-order valence-corrected chi connectivity index (χ1v) is 16.8. The summed E-state index contributed by atoms with van der Waals surface area (Å²) >= 11 is 0. The highest BCUT2D eigenvalue weighted by atomic mass is 14.9. The third-order valence-electron chi connectivity index (χ3n) is 8.05. The zero-order chi connectivity index (χ0) is 25.8. The van der Waals surface area contributed by atoms with Gasteiger partial charge in [0.25, 0.3) is 0 Å². The molecule has 0 aliphatic rings. The van der Waals surface area contributed by atoms with E-state index < -0.39 is 0 Å². The quantitative estimate of drug-likeness (QED) is 0.0795. The first-order valence-electron chi connectivity index (χ1n) is 16.8. The Morgan fingerprint density at radius 2 is 0.694 bits per heavy atom. The molecule has 0 N–H and O–H groups in total. The largest absolute Gasteiger partial charge is 0.205 e. The van der Waals surface area contributed by atoms with Gasteiger partial charge < -0.3 is 0 Å². The van der Waals surface area contributed by atoms with Crippen LogP contribution in [0.2, 0.25) is 0 Å². The van der Waals surface area contributed by atoms with Crippen LogP contribution in [0.25, 0.3) is 0 Å². The van der Waals surface area contributed by atoms with Crippen molar-refractivity contribution in [3.63, 3.8) is 0 Å². The van der Waals surface area contributed by atoms with Crippen LogP contribution in [0.3, 0.4) is 0 Å². The lowest BCUT2D eigenvalue weighted by molar-refractivity contribution is -0.697. The van der Waals surface area contributed by atoms with E-state index in [1.165, 1.54) is 185 Å². The lowest BCUT2D eigenvalue weighted by Gasteiger charge is -2.04. The Morgan fingerprint density at radius 3 is 1.06 bits per heavy atom. The summed E-state index contributed by atoms with van der Waals surface area (Å²) in [6, 6.07) is 4.73. The summed E-state index contributed by atoms with van der Waals surface area (Å²) < 4.78 is 2.39. The van der Waals surface area contributed by atoms with Crippen LogP contribution in [0.15, 0.2) is 24.5 Å². The van der Waals surface area contributed by atoms with E-state index in [4.69, 9.17) is 0 Å². The van der Waals surface area contributed by atoms with Crippen LogP contribution in [-0.2, 0) is 13.0 Å². The number of pyridine rings is 1. The fourth-order valence-electron chi connectivity index (χ4n) is 5.46. The Hall–Kier alpha value is -0.850. The summed E-state index contributed by atoms with van der Waals surface area (Å²) in [5.41, 5.74) is 1.53. The van der Waals surface area contributed by atoms with Crippen LogP contribution in [-0.4, -0.2) is 0 Å². The Labute approximate surface area is 228 Å². The molecule has 0 aromatic carbocycles. The van der Waals surface area contributed by atoms with Crippen LogP contribution in [0, 0.1) is 0 Å². The van der Waals surface area contributed by atoms with Gasteiger partial charge in [-0.15, -0.1) is 0 Å². The lowest BCUT2D eigenvalue weighted by Crippen LogP contribution is -2.32. The van der Waals surface area contributed by atoms with E-state index in [9.17, 15) is 0 Å². The van der Waals surface area contributed by atoms with Crippen molar-refractivity contribution in [2.24, 2.45) is 0 Å². The summed E-state index contributed by atoms with van der Waals surface area (Å²) in [4.78, 5) is 0. The normalized spacial score (nSPS) is 11.4. The number of aryl methyl sites for hydroxylation is 2. The number of nitrogens with zero attached hydrogens (tertiary/aromatic N) is 1. The molecule has 0 atom stereocenters. The second kappa shape index (κ2) is 27.2. The highest BCUT2D eigenvalue weighted by molar-refractivity contribution is 5.07. The van der Waals surface area contributed by atoms with Gasteiger partial charge in [-0.1, -0.05) is 162 Å². The summed E-state index contributed by atoms with van der Waals surface area (Å²) in [7, 11) is 0. The van der Waals surface area contributed by atoms with Crippen LogP contribution in [0.4, 0.5) is 0 Å². The van der Waals surface area contributed by atoms with Gasteiger partial charge in [0.05, 0.1) is 0 Å². The molecule has 0 unspecified atom stereocenters. The zero-order valence-electron chi connectivity index (χ0n) is 25.1. The average molecular weight is 501 g/mol. The van der Waals surface area contributed by atoms with Crippen molar-refractivity contribution in [1.82, 2.24) is 0 Å². The van der Waals surface area contributed by atoms with E-state index in [0.29, 0.717) is 0 Å². The van der Waals surface area contributed by atoms with Gasteiger partial charge in [-0.3, -0.25) is 0 Å². The van der Waals surface area contributed by atoms with Gasteiger partial charge in [0, 0.05) is 18.6 Å². The molecule has 1 rings (SSSR count). The molecule has 1 nitrogen and oxygen atoms in total. The van der Waals surface area contributed by atoms with E-state index in [1.54, 1.807) is 0 Å². The molecule has 0 aliphatic heterocycles. The monoisotopic (exact) mass is 501 g/mol. The molecule has 0 amide bonds. The van der Waals surface area contributed by atoms with Gasteiger partial charge >= 0.3 is 0 Å². The predicted molar refractivity (Wildman–Crippen MR) is 162 cm³/mol. The maximum Gasteiger partial charge on any atom is 0.169 e. The highest BCUT2D eigenvalue weighted by Crippen LogP contribution is 2.14. The first-order chi connectivity index (χ1) is 17.9. The molecule has 1 heteroatoms. The zero-order valence-corrected chi connectivity index (χ0v) is 25.1. The van der Waals surface area contributed by atoms with Gasteiger partial charge in [-0.25, -0.2) is 4.57 Å². The van der Waals surface area contributed by atoms with Gasteiger partial charge in [-0.2, -0.15) is 0 Å². The minimum absolute atomic E-state index is 1.19. The lowest BCUT2D eigenvalue weighted by atomic mass is 10.0. The number of unbranched alkanes of at least 4 members (excludes halogenated alkanes) is 24. The number of aromatic nitrogens is 1. The molecular weight excluding hydrogens is 434 g/mol. The van der Waals surface area contributed by atoms with E-state index >= 15 is 0 Å². The molecule has 0 spiro atoms. The number of rotatable bonds is 28. The molecule has 0 saturated carbocycles. The van der Waals surface area contributed by atoms with Gasteiger partial charge in [0.2, 0.25) is 0 Å². The molecular formula is C35H66N+. The summed E-state index contributed by atoms with van der Waals surface area (Å²) in [6.07, 6.45) is 43.2. The summed E-state index contributed by atoms with van der Waals surface area (Å²) in [6.45, 7) is 5.80. The maximum atomic E-state index is 2.39. The third kappa shape index (κ3) is 22.4. The van der Waals surface area contributed by atoms with E-state index in [1.807, 2.05) is 0 Å². The molecule has 0 radical (unpaired) electrons. The van der Waals surface area contributed by atoms with Crippen LogP contribution >= 0.6 is 0 Å². The third-order valence-corrected chi connectivity index (χ3v) is 8.05. The molecule has 0 aliphatic carbocycles. The molecule has 210 valence electrons. The highest BCUT2D eigenvalue weighted by Gasteiger charge is 2.02. The Kier molecular flexibility index (Phi) is 25.1. The van der Waals surface area contributed by atoms with Crippen LogP contribution in [0.5, 0.6) is 0 Å². The summed E-state index contributed by atoms with van der Waals surface area (Å²) in [5.74, 6) is 0. The Balaban J connectivity index is 1.85. The van der Waals surface area contributed by atoms with E-state index in [0.717, 1.165) is 0 Å². The Morgan fingerprint density at radius 1 is 0.389 bits per heavy atom. The van der Waals surface area contributed by atoms with Crippen molar-refractivity contribution in [2.75, 3.05) is 0 Å². The maximum absolute atomic E-state index is 2.39. The van der Waals surface area contributed by atoms with Crippen molar-refractivity contribution in [3.05, 3.63) is 30.1 Å². The van der Waals surface area contributed by atoms with Crippen molar-refractivity contribution in [1.29, 1.82) is 0 Å². The first kappa shape index (κ1) is 33.2. The topological polar surface area (TPSA) is 3.88 Å². The molecule has 0 bridgehead atoms. The SMILES string of the molecule is CCCCCCCCCCCCCCCc1cc[n+](CCCCCCCCCCCCCCC)cc1. The minimum atomic E-state index is 1.19. The predicted octanol–water partition coefficient (Wildman–Crippen LogP) is 11.7. The average Bonchev–Trinajstić information content (AvgIpc) is 2.90. The van der Waals surface area contributed by atoms with Crippen molar-refractivity contribution < 1.29 is 4.57 Å². The van der Waals surface area contributed by atoms with Gasteiger partial charge in [0.1, 0.15) is 6.54 Å². The standard InChI is InChI=1S/C35H66N/c1-3-5-7-9-11-13-15-17-19-21-23-25-27-29-35-30-33-36(34-31-35)32-28-26-24-22-20-18-16-14-12-10-8-6-4-2/h30-31,33-34H,3-29,32H2,1-2H3/q+1. The smallest absolute Gasteiger partial charge is 0.169 e. The molecule has 1 aromatic rings.